The van der Waals surface area contributed by atoms with Crippen LogP contribution in [0.3, 0.4) is 0 Å². The van der Waals surface area contributed by atoms with Crippen molar-refractivity contribution in [2.24, 2.45) is 5.10 Å². The van der Waals surface area contributed by atoms with Gasteiger partial charge in [0.15, 0.2) is 0 Å². The highest BCUT2D eigenvalue weighted by Crippen LogP contribution is 2.15. The lowest BCUT2D eigenvalue weighted by molar-refractivity contribution is -0.118. The quantitative estimate of drug-likeness (QED) is 0.547. The molecule has 0 heterocycles. The minimum atomic E-state index is -0.0759. The van der Waals surface area contributed by atoms with Gasteiger partial charge in [-0.05, 0) is 43.0 Å². The normalized spacial score (nSPS) is 11.3. The summed E-state index contributed by atoms with van der Waals surface area (Å²) in [6.45, 7) is 1.93. The number of rotatable bonds is 8. The Hall–Kier alpha value is -1.78. The predicted octanol–water partition coefficient (Wildman–Crippen LogP) is 4.70. The van der Waals surface area contributed by atoms with Gasteiger partial charge in [-0.25, -0.2) is 5.43 Å². The zero-order valence-electron chi connectivity index (χ0n) is 13.7. The molecule has 0 fully saturated rings. The number of carbonyl (C=O) groups is 1. The lowest BCUT2D eigenvalue weighted by atomic mass is 10.1. The fourth-order valence-electron chi connectivity index (χ4n) is 2.06. The van der Waals surface area contributed by atoms with Gasteiger partial charge in [0.05, 0.1) is 5.75 Å². The summed E-state index contributed by atoms with van der Waals surface area (Å²) in [5, 5.41) is 4.89. The van der Waals surface area contributed by atoms with Gasteiger partial charge >= 0.3 is 0 Å². The van der Waals surface area contributed by atoms with E-state index in [1.54, 1.807) is 11.8 Å². The number of hydrazone groups is 1. The number of benzene rings is 2. The topological polar surface area (TPSA) is 41.5 Å². The molecule has 0 aromatic heterocycles. The molecule has 1 N–H and O–H groups in total. The van der Waals surface area contributed by atoms with Crippen molar-refractivity contribution in [3.8, 4) is 0 Å². The number of halogens is 1. The maximum atomic E-state index is 11.8. The van der Waals surface area contributed by atoms with Crippen LogP contribution >= 0.6 is 23.4 Å². The van der Waals surface area contributed by atoms with Gasteiger partial charge in [0, 0.05) is 16.5 Å². The Kier molecular flexibility index (Phi) is 7.86. The number of hydrogen-bond acceptors (Lipinski definition) is 3. The molecule has 0 radical (unpaired) electrons. The zero-order valence-corrected chi connectivity index (χ0v) is 15.2. The average molecular weight is 361 g/mol. The number of hydrogen-bond donors (Lipinski definition) is 1. The van der Waals surface area contributed by atoms with Gasteiger partial charge < -0.3 is 0 Å². The van der Waals surface area contributed by atoms with Gasteiger partial charge in [-0.2, -0.15) is 5.10 Å². The minimum absolute atomic E-state index is 0.0759. The van der Waals surface area contributed by atoms with Crippen LogP contribution < -0.4 is 5.43 Å². The molecule has 3 nitrogen and oxygen atoms in total. The van der Waals surface area contributed by atoms with Crippen molar-refractivity contribution in [3.63, 3.8) is 0 Å². The molecule has 0 aliphatic carbocycles. The highest BCUT2D eigenvalue weighted by molar-refractivity contribution is 7.99. The van der Waals surface area contributed by atoms with E-state index in [2.05, 4.69) is 22.7 Å². The molecule has 0 unspecified atom stereocenters. The maximum absolute atomic E-state index is 11.8. The van der Waals surface area contributed by atoms with Crippen LogP contribution in [0.25, 0.3) is 0 Å². The van der Waals surface area contributed by atoms with Gasteiger partial charge in [0.2, 0.25) is 5.91 Å². The third-order valence-electron chi connectivity index (χ3n) is 3.40. The molecule has 0 saturated carbocycles. The fourth-order valence-corrected chi connectivity index (χ4v) is 2.96. The standard InChI is InChI=1S/C19H21ClN2OS/c1-15(7-8-16-5-3-2-4-6-16)21-22-19(23)14-24-13-17-9-11-18(20)12-10-17/h2-6,9-12H,7-8,13-14H2,1H3,(H,22,23)/b21-15-. The van der Waals surface area contributed by atoms with Crippen LogP contribution in [0.5, 0.6) is 0 Å². The molecule has 0 aliphatic heterocycles. The van der Waals surface area contributed by atoms with E-state index < -0.39 is 0 Å². The molecule has 0 bridgehead atoms. The molecule has 0 atom stereocenters. The number of nitrogens with zero attached hydrogens (tertiary/aromatic N) is 1. The SMILES string of the molecule is C/C(CCc1ccccc1)=N/NC(=O)CSCc1ccc(Cl)cc1. The van der Waals surface area contributed by atoms with Crippen molar-refractivity contribution in [3.05, 3.63) is 70.7 Å². The Morgan fingerprint density at radius 1 is 1.08 bits per heavy atom. The molecule has 24 heavy (non-hydrogen) atoms. The number of amides is 1. The molecular formula is C19H21ClN2OS. The van der Waals surface area contributed by atoms with Crippen molar-refractivity contribution in [1.82, 2.24) is 5.43 Å². The first kappa shape index (κ1) is 18.6. The highest BCUT2D eigenvalue weighted by atomic mass is 35.5. The maximum Gasteiger partial charge on any atom is 0.250 e. The van der Waals surface area contributed by atoms with Crippen LogP contribution in [0.1, 0.15) is 24.5 Å². The predicted molar refractivity (Wildman–Crippen MR) is 104 cm³/mol. The van der Waals surface area contributed by atoms with Crippen molar-refractivity contribution in [2.45, 2.75) is 25.5 Å². The van der Waals surface area contributed by atoms with Crippen molar-refractivity contribution in [2.75, 3.05) is 5.75 Å². The summed E-state index contributed by atoms with van der Waals surface area (Å²) >= 11 is 7.40. The lowest BCUT2D eigenvalue weighted by Crippen LogP contribution is -2.21. The van der Waals surface area contributed by atoms with Gasteiger partial charge in [0.25, 0.3) is 0 Å². The van der Waals surface area contributed by atoms with E-state index >= 15 is 0 Å². The molecular weight excluding hydrogens is 340 g/mol. The van der Waals surface area contributed by atoms with E-state index in [-0.39, 0.29) is 5.91 Å². The number of nitrogens with one attached hydrogen (secondary N) is 1. The Balaban J connectivity index is 1.65. The van der Waals surface area contributed by atoms with Crippen molar-refractivity contribution < 1.29 is 4.79 Å². The average Bonchev–Trinajstić information content (AvgIpc) is 2.61. The van der Waals surface area contributed by atoms with Crippen molar-refractivity contribution >= 4 is 35.0 Å². The van der Waals surface area contributed by atoms with E-state index in [0.29, 0.717) is 5.75 Å². The molecule has 0 saturated heterocycles. The van der Waals surface area contributed by atoms with Crippen LogP contribution in [0, 0.1) is 0 Å². The van der Waals surface area contributed by atoms with Crippen molar-refractivity contribution in [1.29, 1.82) is 0 Å². The van der Waals surface area contributed by atoms with E-state index in [1.807, 2.05) is 49.4 Å². The first-order chi connectivity index (χ1) is 11.6. The van der Waals surface area contributed by atoms with Gasteiger partial charge in [-0.3, -0.25) is 4.79 Å². The Labute approximate surface area is 152 Å². The summed E-state index contributed by atoms with van der Waals surface area (Å²) in [5.74, 6) is 1.09. The largest absolute Gasteiger partial charge is 0.272 e. The van der Waals surface area contributed by atoms with Crippen LogP contribution in [-0.2, 0) is 17.0 Å². The Morgan fingerprint density at radius 2 is 1.79 bits per heavy atom. The number of aryl methyl sites for hydroxylation is 1. The smallest absolute Gasteiger partial charge is 0.250 e. The summed E-state index contributed by atoms with van der Waals surface area (Å²) in [6.07, 6.45) is 1.76. The second-order valence-corrected chi connectivity index (χ2v) is 6.91. The summed E-state index contributed by atoms with van der Waals surface area (Å²) in [6, 6.07) is 17.9. The van der Waals surface area contributed by atoms with E-state index in [4.69, 9.17) is 11.6 Å². The number of thioether (sulfide) groups is 1. The molecule has 2 rings (SSSR count). The first-order valence-electron chi connectivity index (χ1n) is 7.81. The van der Waals surface area contributed by atoms with Crippen LogP contribution in [-0.4, -0.2) is 17.4 Å². The monoisotopic (exact) mass is 360 g/mol. The van der Waals surface area contributed by atoms with Gasteiger partial charge in [0.1, 0.15) is 0 Å². The molecule has 2 aromatic rings. The Bertz CT molecular complexity index is 672. The van der Waals surface area contributed by atoms with Gasteiger partial charge in [-0.1, -0.05) is 54.1 Å². The third-order valence-corrected chi connectivity index (χ3v) is 4.66. The molecule has 0 spiro atoms. The first-order valence-corrected chi connectivity index (χ1v) is 9.35. The molecule has 5 heteroatoms. The Morgan fingerprint density at radius 3 is 2.50 bits per heavy atom. The number of carbonyl (C=O) groups excluding carboxylic acids is 1. The van der Waals surface area contributed by atoms with Crippen LogP contribution in [0.15, 0.2) is 59.7 Å². The summed E-state index contributed by atoms with van der Waals surface area (Å²) in [7, 11) is 0. The fraction of sp³-hybridized carbons (Fsp3) is 0.263. The van der Waals surface area contributed by atoms with Gasteiger partial charge in [-0.15, -0.1) is 11.8 Å². The van der Waals surface area contributed by atoms with E-state index in [0.717, 1.165) is 34.9 Å². The molecule has 0 aliphatic rings. The third kappa shape index (κ3) is 7.20. The van der Waals surface area contributed by atoms with E-state index in [9.17, 15) is 4.79 Å². The zero-order chi connectivity index (χ0) is 17.2. The minimum Gasteiger partial charge on any atom is -0.272 e. The molecule has 2 aromatic carbocycles. The van der Waals surface area contributed by atoms with E-state index in [1.165, 1.54) is 5.56 Å². The lowest BCUT2D eigenvalue weighted by Gasteiger charge is -2.04. The summed E-state index contributed by atoms with van der Waals surface area (Å²) in [5.41, 5.74) is 5.97. The summed E-state index contributed by atoms with van der Waals surface area (Å²) < 4.78 is 0. The van der Waals surface area contributed by atoms with Crippen LogP contribution in [0.4, 0.5) is 0 Å². The molecule has 126 valence electrons. The van der Waals surface area contributed by atoms with Crippen LogP contribution in [0.2, 0.25) is 5.02 Å². The second kappa shape index (κ2) is 10.2. The summed E-state index contributed by atoms with van der Waals surface area (Å²) in [4.78, 5) is 11.8. The molecule has 1 amide bonds. The second-order valence-electron chi connectivity index (χ2n) is 5.49. The highest BCUT2D eigenvalue weighted by Gasteiger charge is 2.02.